The Hall–Kier alpha value is -2.00. The lowest BCUT2D eigenvalue weighted by atomic mass is 10.1. The van der Waals surface area contributed by atoms with E-state index in [0.717, 1.165) is 21.7 Å². The second kappa shape index (κ2) is 7.51. The molecule has 0 saturated heterocycles. The average molecular weight is 332 g/mol. The molecule has 0 spiro atoms. The molecule has 122 valence electrons. The predicted octanol–water partition coefficient (Wildman–Crippen LogP) is 4.35. The fourth-order valence-electron chi connectivity index (χ4n) is 2.39. The van der Waals surface area contributed by atoms with Gasteiger partial charge in [0.15, 0.2) is 6.10 Å². The van der Waals surface area contributed by atoms with Gasteiger partial charge < -0.3 is 10.1 Å². The van der Waals surface area contributed by atoms with Crippen molar-refractivity contribution in [2.75, 3.05) is 0 Å². The van der Waals surface area contributed by atoms with E-state index in [0.29, 0.717) is 12.3 Å². The second-order valence-electron chi connectivity index (χ2n) is 5.84. The summed E-state index contributed by atoms with van der Waals surface area (Å²) in [5.74, 6) is 0.513. The molecule has 4 heteroatoms. The molecular weight excluding hydrogens is 310 g/mol. The molecule has 0 aliphatic heterocycles. The van der Waals surface area contributed by atoms with E-state index >= 15 is 0 Å². The highest BCUT2D eigenvalue weighted by Gasteiger charge is 2.15. The van der Waals surface area contributed by atoms with Crippen molar-refractivity contribution in [2.45, 2.75) is 40.3 Å². The van der Waals surface area contributed by atoms with Crippen molar-refractivity contribution in [2.24, 2.45) is 0 Å². The number of carbonyl (C=O) groups excluding carboxylic acids is 1. The maximum atomic E-state index is 12.2. The van der Waals surface area contributed by atoms with E-state index in [4.69, 9.17) is 16.3 Å². The third-order valence-corrected chi connectivity index (χ3v) is 4.24. The van der Waals surface area contributed by atoms with Crippen LogP contribution in [0, 0.1) is 20.8 Å². The van der Waals surface area contributed by atoms with Crippen molar-refractivity contribution in [1.29, 1.82) is 0 Å². The van der Waals surface area contributed by atoms with Gasteiger partial charge in [-0.2, -0.15) is 0 Å². The van der Waals surface area contributed by atoms with Gasteiger partial charge in [-0.1, -0.05) is 41.4 Å². The number of hydrogen-bond acceptors (Lipinski definition) is 2. The Morgan fingerprint density at radius 2 is 1.83 bits per heavy atom. The summed E-state index contributed by atoms with van der Waals surface area (Å²) in [7, 11) is 0. The Morgan fingerprint density at radius 1 is 1.17 bits per heavy atom. The molecule has 23 heavy (non-hydrogen) atoms. The van der Waals surface area contributed by atoms with E-state index in [1.807, 2.05) is 51.1 Å². The summed E-state index contributed by atoms with van der Waals surface area (Å²) in [5.41, 5.74) is 4.12. The van der Waals surface area contributed by atoms with Gasteiger partial charge in [-0.25, -0.2) is 0 Å². The molecule has 1 N–H and O–H groups in total. The molecule has 1 unspecified atom stereocenters. The summed E-state index contributed by atoms with van der Waals surface area (Å²) in [6.45, 7) is 8.11. The van der Waals surface area contributed by atoms with Crippen LogP contribution in [0.25, 0.3) is 0 Å². The molecule has 0 aliphatic carbocycles. The van der Waals surface area contributed by atoms with Crippen molar-refractivity contribution in [1.82, 2.24) is 5.32 Å². The Morgan fingerprint density at radius 3 is 2.43 bits per heavy atom. The molecule has 2 rings (SSSR count). The lowest BCUT2D eigenvalue weighted by molar-refractivity contribution is -0.127. The molecule has 3 nitrogen and oxygen atoms in total. The minimum absolute atomic E-state index is 0.142. The number of amides is 1. The average Bonchev–Trinajstić information content (AvgIpc) is 2.50. The van der Waals surface area contributed by atoms with Crippen LogP contribution in [0.2, 0.25) is 5.02 Å². The monoisotopic (exact) mass is 331 g/mol. The number of halogens is 1. The quantitative estimate of drug-likeness (QED) is 0.884. The number of rotatable bonds is 5. The number of aryl methyl sites for hydroxylation is 3. The SMILES string of the molecule is Cc1cccc(CNC(=O)C(C)Oc2cc(C)c(Cl)c(C)c2)c1. The van der Waals surface area contributed by atoms with Crippen LogP contribution in [0.15, 0.2) is 36.4 Å². The first-order chi connectivity index (χ1) is 10.9. The van der Waals surface area contributed by atoms with Crippen LogP contribution in [0.1, 0.15) is 29.2 Å². The van der Waals surface area contributed by atoms with Gasteiger partial charge in [-0.3, -0.25) is 4.79 Å². The summed E-state index contributed by atoms with van der Waals surface area (Å²) in [4.78, 5) is 12.2. The molecule has 1 amide bonds. The van der Waals surface area contributed by atoms with E-state index in [1.54, 1.807) is 6.92 Å². The molecule has 1 atom stereocenters. The number of nitrogens with one attached hydrogen (secondary N) is 1. The van der Waals surface area contributed by atoms with Gasteiger partial charge in [0.2, 0.25) is 0 Å². The maximum absolute atomic E-state index is 12.2. The van der Waals surface area contributed by atoms with Gasteiger partial charge in [0.25, 0.3) is 5.91 Å². The molecule has 0 bridgehead atoms. The lowest BCUT2D eigenvalue weighted by Gasteiger charge is -2.16. The van der Waals surface area contributed by atoms with Crippen LogP contribution in [0.5, 0.6) is 5.75 Å². The fraction of sp³-hybridized carbons (Fsp3) is 0.316. The summed E-state index contributed by atoms with van der Waals surface area (Å²) < 4.78 is 5.73. The molecular formula is C19H22ClNO2. The van der Waals surface area contributed by atoms with Crippen LogP contribution in [0.3, 0.4) is 0 Å². The Labute approximate surface area is 142 Å². The normalized spacial score (nSPS) is 11.9. The standard InChI is InChI=1S/C19H22ClNO2/c1-12-6-5-7-16(8-12)11-21-19(22)15(4)23-17-9-13(2)18(20)14(3)10-17/h5-10,15H,11H2,1-4H3,(H,21,22). The van der Waals surface area contributed by atoms with Crippen LogP contribution in [-0.2, 0) is 11.3 Å². The minimum Gasteiger partial charge on any atom is -0.481 e. The van der Waals surface area contributed by atoms with Crippen LogP contribution < -0.4 is 10.1 Å². The van der Waals surface area contributed by atoms with Crippen molar-refractivity contribution < 1.29 is 9.53 Å². The number of hydrogen-bond donors (Lipinski definition) is 1. The molecule has 0 heterocycles. The van der Waals surface area contributed by atoms with Crippen molar-refractivity contribution in [3.63, 3.8) is 0 Å². The van der Waals surface area contributed by atoms with Gasteiger partial charge >= 0.3 is 0 Å². The fourth-order valence-corrected chi connectivity index (χ4v) is 2.50. The van der Waals surface area contributed by atoms with E-state index in [1.165, 1.54) is 5.56 Å². The van der Waals surface area contributed by atoms with E-state index < -0.39 is 6.10 Å². The highest BCUT2D eigenvalue weighted by molar-refractivity contribution is 6.32. The zero-order chi connectivity index (χ0) is 17.0. The number of ether oxygens (including phenoxy) is 1. The molecule has 0 aromatic heterocycles. The Balaban J connectivity index is 1.95. The highest BCUT2D eigenvalue weighted by atomic mass is 35.5. The zero-order valence-electron chi connectivity index (χ0n) is 13.9. The maximum Gasteiger partial charge on any atom is 0.261 e. The Kier molecular flexibility index (Phi) is 5.67. The van der Waals surface area contributed by atoms with Crippen molar-refractivity contribution in [3.8, 4) is 5.75 Å². The van der Waals surface area contributed by atoms with E-state index in [2.05, 4.69) is 11.4 Å². The molecule has 0 radical (unpaired) electrons. The Bertz CT molecular complexity index is 689. The summed E-state index contributed by atoms with van der Waals surface area (Å²) in [5, 5.41) is 3.63. The topological polar surface area (TPSA) is 38.3 Å². The molecule has 0 aliphatic rings. The molecule has 0 saturated carbocycles. The minimum atomic E-state index is -0.570. The van der Waals surface area contributed by atoms with Gasteiger partial charge in [0.05, 0.1) is 0 Å². The summed E-state index contributed by atoms with van der Waals surface area (Å²) in [6.07, 6.45) is -0.570. The van der Waals surface area contributed by atoms with Crippen molar-refractivity contribution >= 4 is 17.5 Å². The van der Waals surface area contributed by atoms with Gasteiger partial charge in [0, 0.05) is 11.6 Å². The largest absolute Gasteiger partial charge is 0.481 e. The highest BCUT2D eigenvalue weighted by Crippen LogP contribution is 2.26. The van der Waals surface area contributed by atoms with Crippen LogP contribution >= 0.6 is 11.6 Å². The number of benzene rings is 2. The third kappa shape index (κ3) is 4.73. The number of carbonyl (C=O) groups is 1. The van der Waals surface area contributed by atoms with Crippen LogP contribution in [-0.4, -0.2) is 12.0 Å². The van der Waals surface area contributed by atoms with Gasteiger partial charge in [0.1, 0.15) is 5.75 Å². The van der Waals surface area contributed by atoms with Gasteiger partial charge in [-0.15, -0.1) is 0 Å². The zero-order valence-corrected chi connectivity index (χ0v) is 14.7. The molecule has 2 aromatic carbocycles. The molecule has 2 aromatic rings. The summed E-state index contributed by atoms with van der Waals surface area (Å²) >= 11 is 6.14. The van der Waals surface area contributed by atoms with Crippen molar-refractivity contribution in [3.05, 3.63) is 63.7 Å². The van der Waals surface area contributed by atoms with E-state index in [-0.39, 0.29) is 5.91 Å². The van der Waals surface area contributed by atoms with Gasteiger partial charge in [-0.05, 0) is 56.5 Å². The lowest BCUT2D eigenvalue weighted by Crippen LogP contribution is -2.35. The second-order valence-corrected chi connectivity index (χ2v) is 6.22. The van der Waals surface area contributed by atoms with Crippen LogP contribution in [0.4, 0.5) is 0 Å². The third-order valence-electron chi connectivity index (χ3n) is 3.64. The first kappa shape index (κ1) is 17.4. The predicted molar refractivity (Wildman–Crippen MR) is 94.0 cm³/mol. The first-order valence-corrected chi connectivity index (χ1v) is 8.01. The first-order valence-electron chi connectivity index (χ1n) is 7.63. The smallest absolute Gasteiger partial charge is 0.261 e. The summed E-state index contributed by atoms with van der Waals surface area (Å²) in [6, 6.07) is 11.8. The van der Waals surface area contributed by atoms with E-state index in [9.17, 15) is 4.79 Å². The molecule has 0 fully saturated rings.